The summed E-state index contributed by atoms with van der Waals surface area (Å²) in [6.45, 7) is -0.335. The van der Waals surface area contributed by atoms with E-state index in [9.17, 15) is 19.7 Å². The number of ether oxygens (including phenoxy) is 1. The highest BCUT2D eigenvalue weighted by Crippen LogP contribution is 2.14. The molecule has 0 bridgehead atoms. The van der Waals surface area contributed by atoms with Gasteiger partial charge in [-0.05, 0) is 23.1 Å². The lowest BCUT2D eigenvalue weighted by Gasteiger charge is -1.99. The molecule has 0 fully saturated rings. The van der Waals surface area contributed by atoms with E-state index in [0.717, 1.165) is 6.08 Å². The fraction of sp³-hybridized carbons (Fsp3) is 0.0667. The smallest absolute Gasteiger partial charge is 0.331 e. The van der Waals surface area contributed by atoms with Gasteiger partial charge in [-0.2, -0.15) is 0 Å². The number of carbonyl (C=O) groups excluding carboxylic acids is 2. The van der Waals surface area contributed by atoms with Crippen molar-refractivity contribution >= 4 is 34.9 Å². The molecule has 0 spiro atoms. The number of carbonyl (C=O) groups is 2. The van der Waals surface area contributed by atoms with Crippen LogP contribution < -0.4 is 0 Å². The molecule has 0 N–H and O–H groups in total. The van der Waals surface area contributed by atoms with E-state index in [0.29, 0.717) is 10.4 Å². The third-order valence-corrected chi connectivity index (χ3v) is 3.55. The number of benzene rings is 1. The third-order valence-electron chi connectivity index (χ3n) is 2.63. The second-order valence-electron chi connectivity index (χ2n) is 4.19. The number of nitro groups is 1. The second-order valence-corrected chi connectivity index (χ2v) is 5.14. The van der Waals surface area contributed by atoms with Gasteiger partial charge in [-0.15, -0.1) is 11.3 Å². The molecule has 0 atom stereocenters. The average Bonchev–Trinajstić information content (AvgIpc) is 3.05. The molecule has 0 saturated carbocycles. The van der Waals surface area contributed by atoms with E-state index in [-0.39, 0.29) is 18.1 Å². The number of Topliss-reactive ketones (excluding diaryl/α,β-unsaturated/α-hetero) is 1. The van der Waals surface area contributed by atoms with Crippen molar-refractivity contribution in [1.82, 2.24) is 0 Å². The Morgan fingerprint density at radius 3 is 2.77 bits per heavy atom. The summed E-state index contributed by atoms with van der Waals surface area (Å²) in [5.41, 5.74) is 0.430. The van der Waals surface area contributed by atoms with Crippen LogP contribution in [0.1, 0.15) is 15.2 Å². The van der Waals surface area contributed by atoms with E-state index < -0.39 is 10.9 Å². The zero-order chi connectivity index (χ0) is 15.9. The first-order valence-electron chi connectivity index (χ1n) is 6.22. The predicted molar refractivity (Wildman–Crippen MR) is 81.7 cm³/mol. The molecule has 1 heterocycles. The Bertz CT molecular complexity index is 721. The fourth-order valence-corrected chi connectivity index (χ4v) is 2.25. The van der Waals surface area contributed by atoms with Gasteiger partial charge in [0.1, 0.15) is 0 Å². The Morgan fingerprint density at radius 2 is 2.09 bits per heavy atom. The van der Waals surface area contributed by atoms with Crippen LogP contribution in [-0.2, 0) is 9.53 Å². The van der Waals surface area contributed by atoms with E-state index in [1.807, 2.05) is 0 Å². The topological polar surface area (TPSA) is 86.5 Å². The minimum absolute atomic E-state index is 0.0663. The first-order chi connectivity index (χ1) is 10.6. The second kappa shape index (κ2) is 7.28. The zero-order valence-corrected chi connectivity index (χ0v) is 12.1. The Kier molecular flexibility index (Phi) is 5.16. The number of non-ortho nitro benzene ring substituents is 1. The summed E-state index contributed by atoms with van der Waals surface area (Å²) in [7, 11) is 0. The third kappa shape index (κ3) is 4.35. The average molecular weight is 317 g/mol. The molecule has 0 amide bonds. The van der Waals surface area contributed by atoms with Gasteiger partial charge < -0.3 is 4.74 Å². The molecular weight excluding hydrogens is 306 g/mol. The van der Waals surface area contributed by atoms with Gasteiger partial charge in [0.15, 0.2) is 6.61 Å². The Morgan fingerprint density at radius 1 is 1.27 bits per heavy atom. The molecule has 0 unspecified atom stereocenters. The van der Waals surface area contributed by atoms with E-state index in [1.54, 1.807) is 23.6 Å². The lowest BCUT2D eigenvalue weighted by atomic mass is 10.2. The van der Waals surface area contributed by atoms with Gasteiger partial charge in [0.25, 0.3) is 5.69 Å². The maximum absolute atomic E-state index is 11.6. The van der Waals surface area contributed by atoms with Gasteiger partial charge in [0.2, 0.25) is 5.78 Å². The van der Waals surface area contributed by atoms with Crippen molar-refractivity contribution < 1.29 is 19.2 Å². The van der Waals surface area contributed by atoms with Crippen LogP contribution in [0.25, 0.3) is 6.08 Å². The first kappa shape index (κ1) is 15.6. The maximum atomic E-state index is 11.6. The predicted octanol–water partition coefficient (Wildman–Crippen LogP) is 3.10. The quantitative estimate of drug-likeness (QED) is 0.269. The Balaban J connectivity index is 1.90. The van der Waals surface area contributed by atoms with Crippen LogP contribution >= 0.6 is 11.3 Å². The fourth-order valence-electron chi connectivity index (χ4n) is 1.60. The van der Waals surface area contributed by atoms with Crippen molar-refractivity contribution in [1.29, 1.82) is 0 Å². The van der Waals surface area contributed by atoms with Crippen molar-refractivity contribution in [2.24, 2.45) is 0 Å². The van der Waals surface area contributed by atoms with Crippen molar-refractivity contribution in [3.8, 4) is 0 Å². The minimum Gasteiger partial charge on any atom is -0.454 e. The monoisotopic (exact) mass is 317 g/mol. The normalized spacial score (nSPS) is 10.5. The van der Waals surface area contributed by atoms with Crippen LogP contribution in [0.2, 0.25) is 0 Å². The van der Waals surface area contributed by atoms with Crippen LogP contribution in [-0.4, -0.2) is 23.3 Å². The number of hydrogen-bond acceptors (Lipinski definition) is 6. The van der Waals surface area contributed by atoms with Crippen LogP contribution in [0, 0.1) is 10.1 Å². The van der Waals surface area contributed by atoms with Crippen molar-refractivity contribution in [2.45, 2.75) is 0 Å². The van der Waals surface area contributed by atoms with E-state index >= 15 is 0 Å². The summed E-state index contributed by atoms with van der Waals surface area (Å²) in [4.78, 5) is 33.8. The van der Waals surface area contributed by atoms with Crippen LogP contribution in [0.5, 0.6) is 0 Å². The van der Waals surface area contributed by atoms with Gasteiger partial charge in [0, 0.05) is 18.2 Å². The van der Waals surface area contributed by atoms with Gasteiger partial charge in [-0.25, -0.2) is 4.79 Å². The SMILES string of the molecule is O=C(/C=C/c1cccc([N+](=O)[O-])c1)OCC(=O)c1cccs1. The molecule has 22 heavy (non-hydrogen) atoms. The van der Waals surface area contributed by atoms with Crippen molar-refractivity contribution in [3.63, 3.8) is 0 Å². The van der Waals surface area contributed by atoms with Crippen molar-refractivity contribution in [3.05, 3.63) is 68.4 Å². The highest BCUT2D eigenvalue weighted by Gasteiger charge is 2.09. The number of esters is 1. The van der Waals surface area contributed by atoms with Gasteiger partial charge in [0.05, 0.1) is 9.80 Å². The van der Waals surface area contributed by atoms with Gasteiger partial charge in [-0.1, -0.05) is 18.2 Å². The molecule has 6 nitrogen and oxygen atoms in total. The standard InChI is InChI=1S/C15H11NO5S/c17-13(14-5-2-8-22-14)10-21-15(18)7-6-11-3-1-4-12(9-11)16(19)20/h1-9H,10H2/b7-6+. The molecule has 112 valence electrons. The van der Waals surface area contributed by atoms with Gasteiger partial charge in [-0.3, -0.25) is 14.9 Å². The lowest BCUT2D eigenvalue weighted by Crippen LogP contribution is -2.11. The summed E-state index contributed by atoms with van der Waals surface area (Å²) in [5.74, 6) is -0.955. The molecule has 1 aromatic carbocycles. The Labute approximate surface area is 129 Å². The summed E-state index contributed by atoms with van der Waals surface area (Å²) < 4.78 is 4.82. The first-order valence-corrected chi connectivity index (χ1v) is 7.10. The van der Waals surface area contributed by atoms with Crippen LogP contribution in [0.3, 0.4) is 0 Å². The highest BCUT2D eigenvalue weighted by atomic mass is 32.1. The molecule has 0 aliphatic heterocycles. The van der Waals surface area contributed by atoms with Crippen molar-refractivity contribution in [2.75, 3.05) is 6.61 Å². The zero-order valence-electron chi connectivity index (χ0n) is 11.3. The van der Waals surface area contributed by atoms with E-state index in [1.165, 1.54) is 35.6 Å². The molecule has 0 aliphatic carbocycles. The maximum Gasteiger partial charge on any atom is 0.331 e. The summed E-state index contributed by atoms with van der Waals surface area (Å²) >= 11 is 1.27. The molecule has 0 saturated heterocycles. The molecule has 1 aromatic heterocycles. The molecule has 7 heteroatoms. The molecule has 0 radical (unpaired) electrons. The molecule has 0 aliphatic rings. The number of nitro benzene ring substituents is 1. The van der Waals surface area contributed by atoms with E-state index in [4.69, 9.17) is 4.74 Å². The van der Waals surface area contributed by atoms with E-state index in [2.05, 4.69) is 0 Å². The molecular formula is C15H11NO5S. The Hall–Kier alpha value is -2.80. The highest BCUT2D eigenvalue weighted by molar-refractivity contribution is 7.12. The summed E-state index contributed by atoms with van der Waals surface area (Å²) in [5, 5.41) is 12.4. The number of hydrogen-bond donors (Lipinski definition) is 0. The number of nitrogens with zero attached hydrogens (tertiary/aromatic N) is 1. The van der Waals surface area contributed by atoms with Gasteiger partial charge >= 0.3 is 5.97 Å². The largest absolute Gasteiger partial charge is 0.454 e. The van der Waals surface area contributed by atoms with Crippen LogP contribution in [0.4, 0.5) is 5.69 Å². The lowest BCUT2D eigenvalue weighted by molar-refractivity contribution is -0.384. The molecule has 2 aromatic rings. The number of rotatable bonds is 6. The molecule has 2 rings (SSSR count). The van der Waals surface area contributed by atoms with Crippen LogP contribution in [0.15, 0.2) is 47.9 Å². The minimum atomic E-state index is -0.684. The number of ketones is 1. The number of thiophene rings is 1. The summed E-state index contributed by atoms with van der Waals surface area (Å²) in [6.07, 6.45) is 2.52. The summed E-state index contributed by atoms with van der Waals surface area (Å²) in [6, 6.07) is 9.22.